The molecule has 8 heteroatoms. The lowest BCUT2D eigenvalue weighted by molar-refractivity contribution is 1.20. The molecule has 0 bridgehead atoms. The van der Waals surface area contributed by atoms with Gasteiger partial charge >= 0.3 is 0 Å². The van der Waals surface area contributed by atoms with E-state index in [9.17, 15) is 0 Å². The fourth-order valence-electron chi connectivity index (χ4n) is 0.684. The minimum Gasteiger partial charge on any atom is -0.370 e. The maximum Gasteiger partial charge on any atom is 0.212 e. The Hall–Kier alpha value is -0.990. The average Bonchev–Trinajstić information content (AvgIpc) is 2.33. The van der Waals surface area contributed by atoms with Crippen LogP contribution in [0.25, 0.3) is 0 Å². The number of guanidine groups is 1. The van der Waals surface area contributed by atoms with Gasteiger partial charge in [-0.2, -0.15) is 4.99 Å². The van der Waals surface area contributed by atoms with Crippen molar-refractivity contribution in [1.29, 1.82) is 4.78 Å². The molecule has 0 aromatic carbocycles. The van der Waals surface area contributed by atoms with Crippen LogP contribution in [0.15, 0.2) is 10.4 Å². The van der Waals surface area contributed by atoms with Gasteiger partial charge in [-0.05, 0) is 10.9 Å². The molecule has 0 aliphatic rings. The van der Waals surface area contributed by atoms with Gasteiger partial charge in [0.25, 0.3) is 0 Å². The van der Waals surface area contributed by atoms with Crippen LogP contribution in [0.4, 0.5) is 5.13 Å². The predicted molar refractivity (Wildman–Crippen MR) is 55.6 cm³/mol. The molecule has 0 radical (unpaired) electrons. The molecule has 0 aliphatic carbocycles. The van der Waals surface area contributed by atoms with Crippen LogP contribution in [-0.4, -0.2) is 10.9 Å². The van der Waals surface area contributed by atoms with Gasteiger partial charge in [-0.15, -0.1) is 11.3 Å². The van der Waals surface area contributed by atoms with Crippen LogP contribution in [-0.2, 0) is 16.6 Å². The van der Waals surface area contributed by atoms with E-state index in [4.69, 9.17) is 21.4 Å². The molecule has 13 heavy (non-hydrogen) atoms. The fraction of sp³-hybridized carbons (Fsp3) is 0.200. The first-order valence-corrected chi connectivity index (χ1v) is 5.62. The molecule has 6 nitrogen and oxygen atoms in total. The molecule has 7 N–H and O–H groups in total. The Kier molecular flexibility index (Phi) is 3.34. The number of nitrogens with zero attached hydrogens (tertiary/aromatic N) is 2. The number of aliphatic imine (C=N–C) groups is 1. The topological polar surface area (TPSA) is 127 Å². The highest BCUT2D eigenvalue weighted by Crippen LogP contribution is 2.18. The minimum absolute atomic E-state index is 0.0153. The van der Waals surface area contributed by atoms with Crippen molar-refractivity contribution in [2.24, 2.45) is 21.6 Å². The summed E-state index contributed by atoms with van der Waals surface area (Å²) in [6.45, 7) is 0. The normalized spacial score (nSPS) is 12.4. The molecule has 1 aromatic heterocycles. The van der Waals surface area contributed by atoms with Crippen LogP contribution in [0.5, 0.6) is 0 Å². The molecular weight excluding hydrogens is 208 g/mol. The zero-order valence-electron chi connectivity index (χ0n) is 6.73. The Morgan fingerprint density at radius 1 is 1.69 bits per heavy atom. The van der Waals surface area contributed by atoms with Crippen molar-refractivity contribution in [3.05, 3.63) is 11.1 Å². The second-order valence-corrected chi connectivity index (χ2v) is 4.21. The summed E-state index contributed by atoms with van der Waals surface area (Å²) in [7, 11) is -0.883. The first-order chi connectivity index (χ1) is 6.08. The third kappa shape index (κ3) is 3.49. The molecule has 0 amide bonds. The number of rotatable bonds is 3. The van der Waals surface area contributed by atoms with Gasteiger partial charge < -0.3 is 11.5 Å². The minimum atomic E-state index is -0.883. The summed E-state index contributed by atoms with van der Waals surface area (Å²) >= 11 is 1.33. The van der Waals surface area contributed by atoms with Crippen molar-refractivity contribution < 1.29 is 0 Å². The molecule has 0 spiro atoms. The van der Waals surface area contributed by atoms with Crippen LogP contribution >= 0.6 is 11.3 Å². The molecule has 1 unspecified atom stereocenters. The van der Waals surface area contributed by atoms with Crippen LogP contribution in [0.1, 0.15) is 5.69 Å². The number of thiazole rings is 1. The number of hydrogen-bond acceptors (Lipinski definition) is 4. The summed E-state index contributed by atoms with van der Waals surface area (Å²) in [6.07, 6.45) is 0. The second kappa shape index (κ2) is 4.30. The van der Waals surface area contributed by atoms with Crippen molar-refractivity contribution in [1.82, 2.24) is 4.98 Å². The van der Waals surface area contributed by atoms with E-state index in [0.717, 1.165) is 5.69 Å². The molecule has 0 saturated carbocycles. The van der Waals surface area contributed by atoms with Crippen LogP contribution in [0.2, 0.25) is 0 Å². The van der Waals surface area contributed by atoms with E-state index in [1.54, 1.807) is 5.38 Å². The monoisotopic (exact) mass is 218 g/mol. The van der Waals surface area contributed by atoms with E-state index in [1.165, 1.54) is 11.3 Å². The van der Waals surface area contributed by atoms with Crippen molar-refractivity contribution in [2.75, 3.05) is 0 Å². The van der Waals surface area contributed by atoms with Crippen molar-refractivity contribution >= 4 is 33.3 Å². The number of hydrogen-bond donors (Lipinski definition) is 4. The van der Waals surface area contributed by atoms with Gasteiger partial charge in [-0.3, -0.25) is 9.92 Å². The van der Waals surface area contributed by atoms with Gasteiger partial charge in [0.05, 0.1) is 11.4 Å². The van der Waals surface area contributed by atoms with Gasteiger partial charge in [0, 0.05) is 5.38 Å². The van der Waals surface area contributed by atoms with Crippen molar-refractivity contribution in [3.8, 4) is 0 Å². The SMILES string of the molecule is N=S(N)Cc1csc(N=C(N)N)n1. The fourth-order valence-corrected chi connectivity index (χ4v) is 1.96. The largest absolute Gasteiger partial charge is 0.370 e. The molecule has 72 valence electrons. The van der Waals surface area contributed by atoms with Gasteiger partial charge in [-0.25, -0.2) is 4.98 Å². The molecule has 0 fully saturated rings. The van der Waals surface area contributed by atoms with Gasteiger partial charge in [0.1, 0.15) is 0 Å². The Labute approximate surface area is 81.9 Å². The first-order valence-electron chi connectivity index (χ1n) is 3.28. The van der Waals surface area contributed by atoms with Gasteiger partial charge in [-0.1, -0.05) is 0 Å². The lowest BCUT2D eigenvalue weighted by atomic mass is 10.6. The van der Waals surface area contributed by atoms with Gasteiger partial charge in [0.15, 0.2) is 5.96 Å². The summed E-state index contributed by atoms with van der Waals surface area (Å²) in [5.74, 6) is 0.426. The van der Waals surface area contributed by atoms with Gasteiger partial charge in [0.2, 0.25) is 5.13 Å². The summed E-state index contributed by atoms with van der Waals surface area (Å²) in [4.78, 5) is 7.84. The van der Waals surface area contributed by atoms with Crippen LogP contribution in [0, 0.1) is 4.78 Å². The molecular formula is C5H10N6S2. The van der Waals surface area contributed by atoms with Crippen molar-refractivity contribution in [2.45, 2.75) is 5.75 Å². The van der Waals surface area contributed by atoms with Crippen LogP contribution in [0.3, 0.4) is 0 Å². The number of aromatic nitrogens is 1. The van der Waals surface area contributed by atoms with E-state index in [2.05, 4.69) is 9.98 Å². The number of nitrogens with two attached hydrogens (primary N) is 3. The molecule has 1 aromatic rings. The number of nitrogens with one attached hydrogen (secondary N) is 1. The van der Waals surface area contributed by atoms with E-state index in [1.807, 2.05) is 0 Å². The van der Waals surface area contributed by atoms with E-state index < -0.39 is 10.9 Å². The lowest BCUT2D eigenvalue weighted by Crippen LogP contribution is -2.21. The Morgan fingerprint density at radius 2 is 2.38 bits per heavy atom. The molecule has 1 rings (SSSR count). The average molecular weight is 218 g/mol. The molecule has 0 aliphatic heterocycles. The van der Waals surface area contributed by atoms with Crippen LogP contribution < -0.4 is 16.6 Å². The maximum absolute atomic E-state index is 7.15. The zero-order valence-corrected chi connectivity index (χ0v) is 8.36. The van der Waals surface area contributed by atoms with E-state index in [0.29, 0.717) is 10.9 Å². The highest BCUT2D eigenvalue weighted by atomic mass is 32.2. The summed E-state index contributed by atoms with van der Waals surface area (Å²) in [5.41, 5.74) is 11.1. The third-order valence-electron chi connectivity index (χ3n) is 1.07. The van der Waals surface area contributed by atoms with Crippen molar-refractivity contribution in [3.63, 3.8) is 0 Å². The van der Waals surface area contributed by atoms with E-state index in [-0.39, 0.29) is 5.96 Å². The highest BCUT2D eigenvalue weighted by Gasteiger charge is 2.01. The Bertz CT molecular complexity index is 339. The second-order valence-electron chi connectivity index (χ2n) is 2.23. The lowest BCUT2D eigenvalue weighted by Gasteiger charge is -1.91. The summed E-state index contributed by atoms with van der Waals surface area (Å²) < 4.78 is 7.15. The molecule has 0 saturated heterocycles. The smallest absolute Gasteiger partial charge is 0.212 e. The molecule has 1 atom stereocenters. The standard InChI is InChI=1S/C5H10N6S2/c6-4(7)11-5-10-3(1-12-5)2-13(8)9/h1H,2H2,(H3,8,9)(H4,6,7,10,11). The maximum atomic E-state index is 7.15. The highest BCUT2D eigenvalue weighted by molar-refractivity contribution is 7.82. The first kappa shape index (κ1) is 10.1. The quantitative estimate of drug-likeness (QED) is 0.414. The predicted octanol–water partition coefficient (Wildman–Crippen LogP) is -0.198. The molecule has 1 heterocycles. The summed E-state index contributed by atoms with van der Waals surface area (Å²) in [6, 6.07) is 0. The Morgan fingerprint density at radius 3 is 2.92 bits per heavy atom. The Balaban J connectivity index is 2.75. The zero-order chi connectivity index (χ0) is 9.84. The van der Waals surface area contributed by atoms with E-state index >= 15 is 0 Å². The third-order valence-corrected chi connectivity index (χ3v) is 2.46. The summed E-state index contributed by atoms with van der Waals surface area (Å²) in [5, 5.41) is 7.60.